The van der Waals surface area contributed by atoms with Crippen LogP contribution in [0.5, 0.6) is 0 Å². The van der Waals surface area contributed by atoms with Crippen LogP contribution < -0.4 is 11.2 Å². The molecule has 1 atom stereocenters. The van der Waals surface area contributed by atoms with Crippen LogP contribution in [0.25, 0.3) is 16.9 Å². The Balaban J connectivity index is 1.89. The predicted molar refractivity (Wildman–Crippen MR) is 114 cm³/mol. The number of cyclic esters (lactones) is 2. The van der Waals surface area contributed by atoms with Crippen LogP contribution >= 0.6 is 11.8 Å². The third-order valence-corrected chi connectivity index (χ3v) is 5.65. The van der Waals surface area contributed by atoms with Gasteiger partial charge in [0.1, 0.15) is 6.61 Å². The number of aromatic nitrogens is 2. The van der Waals surface area contributed by atoms with Gasteiger partial charge in [-0.3, -0.25) is 13.9 Å². The summed E-state index contributed by atoms with van der Waals surface area (Å²) in [5.41, 5.74) is 2.01. The van der Waals surface area contributed by atoms with Crippen LogP contribution in [-0.2, 0) is 16.0 Å². The molecule has 0 bridgehead atoms. The highest BCUT2D eigenvalue weighted by molar-refractivity contribution is 7.98. The highest BCUT2D eigenvalue weighted by Gasteiger charge is 2.27. The summed E-state index contributed by atoms with van der Waals surface area (Å²) in [6.45, 7) is 1.91. The highest BCUT2D eigenvalue weighted by Crippen LogP contribution is 2.23. The zero-order chi connectivity index (χ0) is 21.3. The van der Waals surface area contributed by atoms with Gasteiger partial charge < -0.3 is 9.47 Å². The minimum absolute atomic E-state index is 0.00679. The van der Waals surface area contributed by atoms with Gasteiger partial charge in [0, 0.05) is 11.0 Å². The molecule has 1 saturated heterocycles. The van der Waals surface area contributed by atoms with Gasteiger partial charge in [-0.25, -0.2) is 9.59 Å². The second-order valence-electron chi connectivity index (χ2n) is 6.96. The summed E-state index contributed by atoms with van der Waals surface area (Å²) in [4.78, 5) is 38.5. The summed E-state index contributed by atoms with van der Waals surface area (Å²) in [7, 11) is 0. The van der Waals surface area contributed by atoms with E-state index in [1.54, 1.807) is 11.8 Å². The first-order valence-corrected chi connectivity index (χ1v) is 10.6. The molecule has 2 aromatic carbocycles. The van der Waals surface area contributed by atoms with Gasteiger partial charge in [-0.05, 0) is 43.0 Å². The number of ether oxygens (including phenoxy) is 2. The first-order chi connectivity index (χ1) is 14.5. The second kappa shape index (κ2) is 8.23. The highest BCUT2D eigenvalue weighted by atomic mass is 32.2. The number of hydrogen-bond acceptors (Lipinski definition) is 6. The molecule has 154 valence electrons. The number of carbonyl (C=O) groups excluding carboxylic acids is 1. The van der Waals surface area contributed by atoms with Crippen molar-refractivity contribution in [3.05, 3.63) is 81.0 Å². The lowest BCUT2D eigenvalue weighted by Crippen LogP contribution is -2.42. The van der Waals surface area contributed by atoms with Gasteiger partial charge >= 0.3 is 11.8 Å². The van der Waals surface area contributed by atoms with Crippen LogP contribution in [0.4, 0.5) is 4.79 Å². The van der Waals surface area contributed by atoms with E-state index in [0.717, 1.165) is 20.6 Å². The van der Waals surface area contributed by atoms with Crippen LogP contribution in [0, 0.1) is 6.92 Å². The summed E-state index contributed by atoms with van der Waals surface area (Å²) in [6, 6.07) is 16.6. The van der Waals surface area contributed by atoms with Gasteiger partial charge in [-0.2, -0.15) is 0 Å². The molecule has 4 rings (SSSR count). The van der Waals surface area contributed by atoms with E-state index in [2.05, 4.69) is 0 Å². The molecule has 8 heteroatoms. The fourth-order valence-corrected chi connectivity index (χ4v) is 3.73. The van der Waals surface area contributed by atoms with E-state index >= 15 is 0 Å². The smallest absolute Gasteiger partial charge is 0.430 e. The molecule has 1 unspecified atom stereocenters. The molecule has 1 aromatic heterocycles. The lowest BCUT2D eigenvalue weighted by atomic mass is 10.1. The molecular weight excluding hydrogens is 404 g/mol. The minimum atomic E-state index is -0.794. The molecule has 0 saturated carbocycles. The number of carbonyl (C=O) groups is 1. The summed E-state index contributed by atoms with van der Waals surface area (Å²) in [6.07, 6.45) is 0.502. The largest absolute Gasteiger partial charge is 0.508 e. The normalized spacial score (nSPS) is 15.7. The summed E-state index contributed by atoms with van der Waals surface area (Å²) in [5.74, 6) is 0. The molecule has 0 N–H and O–H groups in total. The zero-order valence-electron chi connectivity index (χ0n) is 16.5. The van der Waals surface area contributed by atoms with Gasteiger partial charge in [0.25, 0.3) is 5.56 Å². The molecule has 0 radical (unpaired) electrons. The lowest BCUT2D eigenvalue weighted by Gasteiger charge is -2.17. The monoisotopic (exact) mass is 424 g/mol. The van der Waals surface area contributed by atoms with Gasteiger partial charge in [0.15, 0.2) is 6.10 Å². The van der Waals surface area contributed by atoms with E-state index in [4.69, 9.17) is 9.47 Å². The van der Waals surface area contributed by atoms with E-state index in [0.29, 0.717) is 11.4 Å². The van der Waals surface area contributed by atoms with Crippen molar-refractivity contribution in [2.45, 2.75) is 24.5 Å². The van der Waals surface area contributed by atoms with Crippen molar-refractivity contribution in [2.24, 2.45) is 0 Å². The van der Waals surface area contributed by atoms with Gasteiger partial charge in [0.2, 0.25) is 0 Å². The van der Waals surface area contributed by atoms with Crippen LogP contribution in [0.2, 0.25) is 0 Å². The molecule has 0 amide bonds. The Morgan fingerprint density at radius 3 is 2.33 bits per heavy atom. The number of aryl methyl sites for hydroxylation is 1. The number of benzene rings is 2. The molecule has 0 aliphatic carbocycles. The quantitative estimate of drug-likeness (QED) is 0.462. The maximum absolute atomic E-state index is 13.4. The second-order valence-corrected chi connectivity index (χ2v) is 7.84. The number of rotatable bonds is 5. The van der Waals surface area contributed by atoms with Crippen LogP contribution in [0.1, 0.15) is 5.56 Å². The van der Waals surface area contributed by atoms with Gasteiger partial charge in [-0.1, -0.05) is 29.8 Å². The van der Waals surface area contributed by atoms with Crippen LogP contribution in [0.15, 0.2) is 69.1 Å². The van der Waals surface area contributed by atoms with Crippen LogP contribution in [-0.4, -0.2) is 34.3 Å². The van der Waals surface area contributed by atoms with Gasteiger partial charge in [0.05, 0.1) is 17.9 Å². The van der Waals surface area contributed by atoms with Crippen molar-refractivity contribution in [1.29, 1.82) is 0 Å². The topological polar surface area (TPSA) is 79.5 Å². The summed E-state index contributed by atoms with van der Waals surface area (Å²) < 4.78 is 12.4. The van der Waals surface area contributed by atoms with Crippen molar-refractivity contribution >= 4 is 17.9 Å². The molecule has 2 heterocycles. The number of nitrogens with zero attached hydrogens (tertiary/aromatic N) is 2. The average molecular weight is 424 g/mol. The van der Waals surface area contributed by atoms with Crippen molar-refractivity contribution in [3.8, 4) is 16.9 Å². The van der Waals surface area contributed by atoms with E-state index in [1.807, 2.05) is 61.7 Å². The summed E-state index contributed by atoms with van der Waals surface area (Å²) in [5, 5.41) is 0. The molecule has 1 fully saturated rings. The zero-order valence-corrected chi connectivity index (χ0v) is 17.3. The Morgan fingerprint density at radius 2 is 1.73 bits per heavy atom. The predicted octanol–water partition coefficient (Wildman–Crippen LogP) is 3.23. The van der Waals surface area contributed by atoms with Crippen molar-refractivity contribution < 1.29 is 14.3 Å². The third-order valence-electron chi connectivity index (χ3n) is 4.90. The van der Waals surface area contributed by atoms with E-state index in [9.17, 15) is 14.4 Å². The molecule has 1 aliphatic heterocycles. The average Bonchev–Trinajstić information content (AvgIpc) is 3.16. The van der Waals surface area contributed by atoms with Crippen LogP contribution in [0.3, 0.4) is 0 Å². The first kappa shape index (κ1) is 20.0. The fourth-order valence-electron chi connectivity index (χ4n) is 3.32. The molecule has 7 nitrogen and oxygen atoms in total. The Bertz CT molecular complexity index is 1200. The Hall–Kier alpha value is -3.26. The minimum Gasteiger partial charge on any atom is -0.430 e. The van der Waals surface area contributed by atoms with Crippen molar-refractivity contribution in [3.63, 3.8) is 0 Å². The SMILES string of the molecule is CSc1ccc(-n2c(-c3ccc(C)cc3)cc(=O)n(CC3COC(=O)O3)c2=O)cc1. The number of hydrogen-bond donors (Lipinski definition) is 0. The fraction of sp³-hybridized carbons (Fsp3) is 0.227. The molecular formula is C22H20N2O5S. The first-order valence-electron chi connectivity index (χ1n) is 9.38. The Kier molecular flexibility index (Phi) is 5.50. The number of thioether (sulfide) groups is 1. The maximum Gasteiger partial charge on any atom is 0.508 e. The molecule has 30 heavy (non-hydrogen) atoms. The Labute approximate surface area is 176 Å². The maximum atomic E-state index is 13.4. The van der Waals surface area contributed by atoms with E-state index in [1.165, 1.54) is 10.6 Å². The third kappa shape index (κ3) is 3.91. The molecule has 3 aromatic rings. The van der Waals surface area contributed by atoms with Gasteiger partial charge in [-0.15, -0.1) is 11.8 Å². The van der Waals surface area contributed by atoms with E-state index in [-0.39, 0.29) is 13.2 Å². The van der Waals surface area contributed by atoms with E-state index < -0.39 is 23.5 Å². The molecule has 1 aliphatic rings. The molecule has 0 spiro atoms. The lowest BCUT2D eigenvalue weighted by molar-refractivity contribution is 0.113. The Morgan fingerprint density at radius 1 is 1.03 bits per heavy atom. The summed E-state index contributed by atoms with van der Waals surface area (Å²) >= 11 is 1.60. The van der Waals surface area contributed by atoms with Crippen molar-refractivity contribution in [1.82, 2.24) is 9.13 Å². The van der Waals surface area contributed by atoms with Crippen molar-refractivity contribution in [2.75, 3.05) is 12.9 Å². The standard InChI is InChI=1S/C22H20N2O5S/c1-14-3-5-15(6-4-14)19-11-20(25)23(12-17-13-28-22(27)29-17)21(26)24(19)16-7-9-18(30-2)10-8-16/h3-11,17H,12-13H2,1-2H3.